The number of benzene rings is 1. The molecular weight excluding hydrogens is 276 g/mol. The van der Waals surface area contributed by atoms with Gasteiger partial charge in [-0.15, -0.1) is 0 Å². The number of ketones is 1. The lowest BCUT2D eigenvalue weighted by atomic mass is 9.92. The van der Waals surface area contributed by atoms with E-state index >= 15 is 0 Å². The van der Waals surface area contributed by atoms with E-state index in [0.29, 0.717) is 11.3 Å². The number of nitro benzene ring substituents is 1. The molecule has 8 heteroatoms. The van der Waals surface area contributed by atoms with E-state index in [-0.39, 0.29) is 11.4 Å². The largest absolute Gasteiger partial charge is 0.399 e. The summed E-state index contributed by atoms with van der Waals surface area (Å²) in [4.78, 5) is 29.7. The molecule has 0 saturated carbocycles. The van der Waals surface area contributed by atoms with Gasteiger partial charge in [0, 0.05) is 24.6 Å². The number of hydrogen-bond donors (Lipinski definition) is 0. The molecule has 0 radical (unpaired) electrons. The van der Waals surface area contributed by atoms with E-state index < -0.39 is 16.6 Å². The summed E-state index contributed by atoms with van der Waals surface area (Å²) in [6.45, 7) is 2.95. The van der Waals surface area contributed by atoms with Gasteiger partial charge in [-0.1, -0.05) is 5.16 Å². The summed E-state index contributed by atoms with van der Waals surface area (Å²) in [5.41, 5.74) is 9.33. The maximum absolute atomic E-state index is 12.0. The van der Waals surface area contributed by atoms with Crippen molar-refractivity contribution in [3.8, 4) is 0 Å². The van der Waals surface area contributed by atoms with Gasteiger partial charge in [0.1, 0.15) is 7.11 Å². The fourth-order valence-electron chi connectivity index (χ4n) is 1.72. The van der Waals surface area contributed by atoms with Crippen molar-refractivity contribution >= 4 is 22.9 Å². The van der Waals surface area contributed by atoms with Crippen molar-refractivity contribution in [1.29, 1.82) is 0 Å². The van der Waals surface area contributed by atoms with E-state index in [0.717, 1.165) is 0 Å². The number of oxime groups is 1. The van der Waals surface area contributed by atoms with Crippen LogP contribution >= 0.6 is 0 Å². The number of nitrogens with zero attached hydrogens (tertiary/aromatic N) is 4. The van der Waals surface area contributed by atoms with Gasteiger partial charge in [0.2, 0.25) is 5.78 Å². The van der Waals surface area contributed by atoms with Gasteiger partial charge in [0.25, 0.3) is 5.69 Å². The highest BCUT2D eigenvalue weighted by atomic mass is 16.6. The summed E-state index contributed by atoms with van der Waals surface area (Å²) in [7, 11) is 1.33. The number of carbonyl (C=O) groups excluding carboxylic acids is 1. The van der Waals surface area contributed by atoms with E-state index in [9.17, 15) is 14.9 Å². The van der Waals surface area contributed by atoms with Crippen LogP contribution in [0.3, 0.4) is 0 Å². The summed E-state index contributed by atoms with van der Waals surface area (Å²) >= 11 is 0. The standard InChI is InChI=1S/C13H14N4O4/c1-8(13(18)9(2)15-14)12(16-21-3)10-4-6-11(7-5-10)17(19)20/h4-8H,1-3H3/b16-12+. The van der Waals surface area contributed by atoms with Gasteiger partial charge in [-0.05, 0) is 19.1 Å². The van der Waals surface area contributed by atoms with Crippen LogP contribution in [-0.4, -0.2) is 34.0 Å². The van der Waals surface area contributed by atoms with Crippen molar-refractivity contribution in [3.05, 3.63) is 45.5 Å². The third-order valence-corrected chi connectivity index (χ3v) is 2.87. The average Bonchev–Trinajstić information content (AvgIpc) is 2.50. The number of hydrogen-bond acceptors (Lipinski definition) is 5. The Hall–Kier alpha value is -2.86. The van der Waals surface area contributed by atoms with Gasteiger partial charge in [0.15, 0.2) is 0 Å². The molecule has 0 spiro atoms. The predicted octanol–water partition coefficient (Wildman–Crippen LogP) is 1.84. The lowest BCUT2D eigenvalue weighted by Gasteiger charge is -2.10. The van der Waals surface area contributed by atoms with Gasteiger partial charge in [-0.25, -0.2) is 0 Å². The van der Waals surface area contributed by atoms with Crippen molar-refractivity contribution in [2.45, 2.75) is 13.8 Å². The van der Waals surface area contributed by atoms with Crippen LogP contribution in [0, 0.1) is 16.0 Å². The summed E-state index contributed by atoms with van der Waals surface area (Å²) in [6.07, 6.45) is 0. The summed E-state index contributed by atoms with van der Waals surface area (Å²) in [6, 6.07) is 5.58. The highest BCUT2D eigenvalue weighted by Crippen LogP contribution is 2.17. The molecule has 1 aromatic carbocycles. The van der Waals surface area contributed by atoms with Gasteiger partial charge in [-0.3, -0.25) is 14.9 Å². The van der Waals surface area contributed by atoms with Crippen molar-refractivity contribution in [1.82, 2.24) is 0 Å². The van der Waals surface area contributed by atoms with Gasteiger partial charge >= 0.3 is 5.71 Å². The first-order valence-electron chi connectivity index (χ1n) is 6.01. The molecule has 1 rings (SSSR count). The fourth-order valence-corrected chi connectivity index (χ4v) is 1.72. The highest BCUT2D eigenvalue weighted by Gasteiger charge is 2.28. The summed E-state index contributed by atoms with van der Waals surface area (Å²) < 4.78 is 0. The summed E-state index contributed by atoms with van der Waals surface area (Å²) in [5.74, 6) is -1.14. The summed E-state index contributed by atoms with van der Waals surface area (Å²) in [5, 5.41) is 14.4. The molecule has 0 aliphatic heterocycles. The first-order chi connectivity index (χ1) is 9.92. The first kappa shape index (κ1) is 16.2. The first-order valence-corrected chi connectivity index (χ1v) is 6.01. The molecule has 0 bridgehead atoms. The van der Waals surface area contributed by atoms with Crippen LogP contribution in [-0.2, 0) is 9.63 Å². The average molecular weight is 290 g/mol. The smallest absolute Gasteiger partial charge is 0.332 e. The van der Waals surface area contributed by atoms with Crippen LogP contribution in [0.4, 0.5) is 5.69 Å². The molecule has 0 fully saturated rings. The highest BCUT2D eigenvalue weighted by molar-refractivity contribution is 6.42. The van der Waals surface area contributed by atoms with E-state index in [1.807, 2.05) is 0 Å². The van der Waals surface area contributed by atoms with Gasteiger partial charge < -0.3 is 10.4 Å². The molecule has 110 valence electrons. The van der Waals surface area contributed by atoms with E-state index in [1.165, 1.54) is 38.3 Å². The molecule has 8 nitrogen and oxygen atoms in total. The minimum Gasteiger partial charge on any atom is -0.399 e. The Morgan fingerprint density at radius 3 is 2.43 bits per heavy atom. The Bertz CT molecular complexity index is 630. The second-order valence-corrected chi connectivity index (χ2v) is 4.23. The predicted molar refractivity (Wildman–Crippen MR) is 75.1 cm³/mol. The maximum atomic E-state index is 12.0. The van der Waals surface area contributed by atoms with Crippen molar-refractivity contribution in [2.24, 2.45) is 11.1 Å². The minimum absolute atomic E-state index is 0.0618. The Balaban J connectivity index is 3.18. The van der Waals surface area contributed by atoms with Crippen LogP contribution < -0.4 is 0 Å². The number of Topliss-reactive ketones (excluding diaryl/α,β-unsaturated/α-hetero) is 1. The SMILES string of the molecule is CO/N=C(/c1ccc([N+](=O)[O-])cc1)C(C)C(=O)C(C)=[N+]=[N-]. The lowest BCUT2D eigenvalue weighted by molar-refractivity contribution is -0.384. The zero-order valence-corrected chi connectivity index (χ0v) is 11.8. The zero-order valence-electron chi connectivity index (χ0n) is 11.8. The molecule has 0 aliphatic carbocycles. The molecule has 0 heterocycles. The monoisotopic (exact) mass is 290 g/mol. The minimum atomic E-state index is -0.720. The molecule has 21 heavy (non-hydrogen) atoms. The van der Waals surface area contributed by atoms with Crippen LogP contribution in [0.25, 0.3) is 5.53 Å². The Labute approximate surface area is 120 Å². The fraction of sp³-hybridized carbons (Fsp3) is 0.308. The van der Waals surface area contributed by atoms with Crippen LogP contribution in [0.2, 0.25) is 0 Å². The Morgan fingerprint density at radius 1 is 1.43 bits per heavy atom. The second kappa shape index (κ2) is 7.06. The Kier molecular flexibility index (Phi) is 5.45. The molecular formula is C13H14N4O4. The number of carbonyl (C=O) groups is 1. The molecule has 0 N–H and O–H groups in total. The molecule has 0 amide bonds. The molecule has 1 aromatic rings. The second-order valence-electron chi connectivity index (χ2n) is 4.23. The van der Waals surface area contributed by atoms with Crippen molar-refractivity contribution in [2.75, 3.05) is 7.11 Å². The van der Waals surface area contributed by atoms with Crippen LogP contribution in [0.1, 0.15) is 19.4 Å². The quantitative estimate of drug-likeness (QED) is 0.261. The third-order valence-electron chi connectivity index (χ3n) is 2.87. The molecule has 1 atom stereocenters. The van der Waals surface area contributed by atoms with E-state index in [1.54, 1.807) is 6.92 Å². The number of non-ortho nitro benzene ring substituents is 1. The van der Waals surface area contributed by atoms with Crippen LogP contribution in [0.15, 0.2) is 29.4 Å². The van der Waals surface area contributed by atoms with E-state index in [4.69, 9.17) is 10.4 Å². The normalized spacial score (nSPS) is 12.2. The van der Waals surface area contributed by atoms with Crippen molar-refractivity contribution in [3.63, 3.8) is 0 Å². The van der Waals surface area contributed by atoms with Gasteiger partial charge in [0.05, 0.1) is 16.6 Å². The topological polar surface area (TPSA) is 118 Å². The van der Waals surface area contributed by atoms with E-state index in [2.05, 4.69) is 9.95 Å². The Morgan fingerprint density at radius 2 is 2.00 bits per heavy atom. The molecule has 0 aromatic heterocycles. The van der Waals surface area contributed by atoms with Crippen LogP contribution in [0.5, 0.6) is 0 Å². The van der Waals surface area contributed by atoms with Gasteiger partial charge in [-0.2, -0.15) is 4.79 Å². The molecule has 1 unspecified atom stereocenters. The number of nitro groups is 1. The third kappa shape index (κ3) is 3.80. The lowest BCUT2D eigenvalue weighted by Crippen LogP contribution is -2.28. The maximum Gasteiger partial charge on any atom is 0.332 e. The zero-order chi connectivity index (χ0) is 16.0. The van der Waals surface area contributed by atoms with Crippen molar-refractivity contribution < 1.29 is 19.3 Å². The molecule has 0 saturated heterocycles. The number of rotatable bonds is 6. The molecule has 0 aliphatic rings.